The molecule has 9 heteroatoms. The fourth-order valence-electron chi connectivity index (χ4n) is 1.53. The van der Waals surface area contributed by atoms with Gasteiger partial charge in [0.25, 0.3) is 0 Å². The molecule has 22 heavy (non-hydrogen) atoms. The molecule has 0 fully saturated rings. The van der Waals surface area contributed by atoms with Crippen molar-refractivity contribution < 1.29 is 24.6 Å². The lowest BCUT2D eigenvalue weighted by Gasteiger charge is -2.22. The maximum atomic E-state index is 12.0. The average Bonchev–Trinajstić information content (AvgIpc) is 2.46. The van der Waals surface area contributed by atoms with Gasteiger partial charge in [0.15, 0.2) is 0 Å². The van der Waals surface area contributed by atoms with E-state index >= 15 is 0 Å². The molecular weight excluding hydrogens is 310 g/mol. The van der Waals surface area contributed by atoms with Crippen LogP contribution in [-0.4, -0.2) is 64.7 Å². The third-order valence-electron chi connectivity index (χ3n) is 3.06. The minimum Gasteiger partial charge on any atom is -0.480 e. The second-order valence-corrected chi connectivity index (χ2v) is 6.18. The highest BCUT2D eigenvalue weighted by Gasteiger charge is 2.27. The number of aliphatic hydroxyl groups excluding tert-OH is 1. The van der Waals surface area contributed by atoms with Crippen LogP contribution in [0.5, 0.6) is 0 Å². The average molecular weight is 335 g/mol. The van der Waals surface area contributed by atoms with Crippen LogP contribution in [0.3, 0.4) is 0 Å². The van der Waals surface area contributed by atoms with Gasteiger partial charge in [0.1, 0.15) is 12.1 Å². The zero-order chi connectivity index (χ0) is 17.3. The molecule has 3 atom stereocenters. The molecule has 6 N–H and O–H groups in total. The topological polar surface area (TPSA) is 142 Å². The molecule has 128 valence electrons. The third-order valence-corrected chi connectivity index (χ3v) is 3.71. The highest BCUT2D eigenvalue weighted by molar-refractivity contribution is 7.98. The van der Waals surface area contributed by atoms with E-state index in [9.17, 15) is 19.5 Å². The molecule has 0 spiro atoms. The molecule has 0 bridgehead atoms. The van der Waals surface area contributed by atoms with Gasteiger partial charge in [-0.15, -0.1) is 0 Å². The summed E-state index contributed by atoms with van der Waals surface area (Å²) in [4.78, 5) is 34.9. The van der Waals surface area contributed by atoms with Gasteiger partial charge in [0.05, 0.1) is 12.6 Å². The molecule has 2 amide bonds. The predicted molar refractivity (Wildman–Crippen MR) is 84.4 cm³/mol. The lowest BCUT2D eigenvalue weighted by molar-refractivity contribution is -0.142. The first-order chi connectivity index (χ1) is 10.2. The Labute approximate surface area is 134 Å². The van der Waals surface area contributed by atoms with Crippen LogP contribution in [0.25, 0.3) is 0 Å². The van der Waals surface area contributed by atoms with E-state index in [1.807, 2.05) is 6.26 Å². The molecule has 0 heterocycles. The quantitative estimate of drug-likeness (QED) is 0.336. The van der Waals surface area contributed by atoms with Crippen LogP contribution in [0.2, 0.25) is 0 Å². The Morgan fingerprint density at radius 2 is 1.68 bits per heavy atom. The van der Waals surface area contributed by atoms with Gasteiger partial charge in [-0.05, 0) is 24.3 Å². The summed E-state index contributed by atoms with van der Waals surface area (Å²) in [5.41, 5.74) is 5.66. The number of rotatable bonds is 10. The van der Waals surface area contributed by atoms with Gasteiger partial charge in [-0.25, -0.2) is 4.79 Å². The van der Waals surface area contributed by atoms with E-state index in [0.29, 0.717) is 5.75 Å². The normalized spacial score (nSPS) is 15.0. The highest BCUT2D eigenvalue weighted by atomic mass is 32.2. The van der Waals surface area contributed by atoms with Crippen LogP contribution >= 0.6 is 11.8 Å². The van der Waals surface area contributed by atoms with E-state index < -0.39 is 42.5 Å². The first-order valence-corrected chi connectivity index (χ1v) is 8.32. The number of amides is 2. The summed E-state index contributed by atoms with van der Waals surface area (Å²) in [6.07, 6.45) is 2.07. The van der Waals surface area contributed by atoms with Crippen LogP contribution in [0.1, 0.15) is 20.3 Å². The molecule has 0 aliphatic heterocycles. The molecule has 0 aromatic carbocycles. The smallest absolute Gasteiger partial charge is 0.326 e. The summed E-state index contributed by atoms with van der Waals surface area (Å²) in [5, 5.41) is 22.9. The Morgan fingerprint density at radius 3 is 2.09 bits per heavy atom. The summed E-state index contributed by atoms with van der Waals surface area (Å²) >= 11 is 1.46. The minimum absolute atomic E-state index is 0.129. The van der Waals surface area contributed by atoms with Gasteiger partial charge >= 0.3 is 5.97 Å². The highest BCUT2D eigenvalue weighted by Crippen LogP contribution is 2.02. The number of carboxylic acids is 1. The van der Waals surface area contributed by atoms with Crippen molar-refractivity contribution in [3.63, 3.8) is 0 Å². The number of nitrogens with two attached hydrogens (primary N) is 1. The summed E-state index contributed by atoms with van der Waals surface area (Å²) in [5.74, 6) is -2.05. The van der Waals surface area contributed by atoms with Crippen LogP contribution in [0, 0.1) is 5.92 Å². The Kier molecular flexibility index (Phi) is 9.79. The Balaban J connectivity index is 4.69. The fraction of sp³-hybridized carbons (Fsp3) is 0.769. The van der Waals surface area contributed by atoms with E-state index in [1.165, 1.54) is 11.8 Å². The largest absolute Gasteiger partial charge is 0.480 e. The number of carboxylic acid groups (broad SMARTS) is 1. The Morgan fingerprint density at radius 1 is 1.14 bits per heavy atom. The predicted octanol–water partition coefficient (Wildman–Crippen LogP) is -1.23. The summed E-state index contributed by atoms with van der Waals surface area (Å²) in [7, 11) is 0. The monoisotopic (exact) mass is 335 g/mol. The van der Waals surface area contributed by atoms with Crippen molar-refractivity contribution in [3.8, 4) is 0 Å². The number of hydrogen-bond acceptors (Lipinski definition) is 6. The molecule has 0 saturated carbocycles. The van der Waals surface area contributed by atoms with Crippen LogP contribution in [-0.2, 0) is 14.4 Å². The molecule has 0 unspecified atom stereocenters. The van der Waals surface area contributed by atoms with Gasteiger partial charge in [0.2, 0.25) is 11.8 Å². The second kappa shape index (κ2) is 10.4. The van der Waals surface area contributed by atoms with E-state index in [4.69, 9.17) is 10.8 Å². The molecule has 0 aromatic heterocycles. The van der Waals surface area contributed by atoms with Crippen molar-refractivity contribution in [2.45, 2.75) is 38.4 Å². The summed E-state index contributed by atoms with van der Waals surface area (Å²) in [6, 6.07) is -3.10. The maximum Gasteiger partial charge on any atom is 0.326 e. The third kappa shape index (κ3) is 7.10. The van der Waals surface area contributed by atoms with E-state index in [2.05, 4.69) is 10.6 Å². The van der Waals surface area contributed by atoms with E-state index in [1.54, 1.807) is 13.8 Å². The number of carbonyl (C=O) groups is 3. The van der Waals surface area contributed by atoms with Crippen LogP contribution in [0.4, 0.5) is 0 Å². The first kappa shape index (κ1) is 20.7. The number of hydrogen-bond donors (Lipinski definition) is 5. The van der Waals surface area contributed by atoms with Crippen LogP contribution < -0.4 is 16.4 Å². The SMILES string of the molecule is CSCC[C@H](NC(=O)[C@H](CO)NC(=O)[C@@H](N)C(C)C)C(=O)O. The van der Waals surface area contributed by atoms with Gasteiger partial charge in [-0.1, -0.05) is 13.8 Å². The standard InChI is InChI=1S/C13H25N3O5S/c1-7(2)10(14)12(19)16-9(6-17)11(18)15-8(13(20)21)4-5-22-3/h7-10,17H,4-6,14H2,1-3H3,(H,15,18)(H,16,19)(H,20,21)/t8-,9-,10-/m0/s1. The van der Waals surface area contributed by atoms with Crippen molar-refractivity contribution in [2.24, 2.45) is 11.7 Å². The number of nitrogens with one attached hydrogen (secondary N) is 2. The number of thioether (sulfide) groups is 1. The molecule has 0 rings (SSSR count). The molecular formula is C13H25N3O5S. The van der Waals surface area contributed by atoms with Crippen molar-refractivity contribution in [3.05, 3.63) is 0 Å². The van der Waals surface area contributed by atoms with E-state index in [-0.39, 0.29) is 12.3 Å². The Bertz CT molecular complexity index is 392. The van der Waals surface area contributed by atoms with Crippen molar-refractivity contribution in [1.29, 1.82) is 0 Å². The fourth-order valence-corrected chi connectivity index (χ4v) is 2.00. The maximum absolute atomic E-state index is 12.0. The van der Waals surface area contributed by atoms with Gasteiger partial charge in [-0.2, -0.15) is 11.8 Å². The molecule has 0 aliphatic rings. The number of aliphatic hydroxyl groups is 1. The molecule has 0 radical (unpaired) electrons. The van der Waals surface area contributed by atoms with Crippen molar-refractivity contribution in [2.75, 3.05) is 18.6 Å². The number of carbonyl (C=O) groups excluding carboxylic acids is 2. The lowest BCUT2D eigenvalue weighted by atomic mass is 10.0. The second-order valence-electron chi connectivity index (χ2n) is 5.19. The summed E-state index contributed by atoms with van der Waals surface area (Å²) in [6.45, 7) is 2.86. The van der Waals surface area contributed by atoms with Gasteiger partial charge in [-0.3, -0.25) is 9.59 Å². The molecule has 0 saturated heterocycles. The zero-order valence-electron chi connectivity index (χ0n) is 13.0. The Hall–Kier alpha value is -1.32. The molecule has 0 aromatic rings. The van der Waals surface area contributed by atoms with Gasteiger partial charge < -0.3 is 26.6 Å². The van der Waals surface area contributed by atoms with Crippen molar-refractivity contribution >= 4 is 29.5 Å². The van der Waals surface area contributed by atoms with Crippen LogP contribution in [0.15, 0.2) is 0 Å². The van der Waals surface area contributed by atoms with Gasteiger partial charge in [0, 0.05) is 0 Å². The molecule has 8 nitrogen and oxygen atoms in total. The van der Waals surface area contributed by atoms with E-state index in [0.717, 1.165) is 0 Å². The lowest BCUT2D eigenvalue weighted by Crippen LogP contribution is -2.56. The minimum atomic E-state index is -1.23. The summed E-state index contributed by atoms with van der Waals surface area (Å²) < 4.78 is 0. The number of aliphatic carboxylic acids is 1. The zero-order valence-corrected chi connectivity index (χ0v) is 13.9. The molecule has 0 aliphatic carbocycles. The van der Waals surface area contributed by atoms with Crippen molar-refractivity contribution in [1.82, 2.24) is 10.6 Å². The first-order valence-electron chi connectivity index (χ1n) is 6.93.